The minimum Gasteiger partial charge on any atom is -0.444 e. The zero-order valence-corrected chi connectivity index (χ0v) is 14.2. The molecule has 0 saturated carbocycles. The molecule has 0 spiro atoms. The second kappa shape index (κ2) is 7.11. The third-order valence-electron chi connectivity index (χ3n) is 2.64. The number of carbonyl (C=O) groups is 2. The summed E-state index contributed by atoms with van der Waals surface area (Å²) in [5.74, 6) is -0.470. The van der Waals surface area contributed by atoms with Crippen LogP contribution in [0, 0.1) is 0 Å². The lowest BCUT2D eigenvalue weighted by atomic mass is 10.4. The second-order valence-corrected chi connectivity index (χ2v) is 6.82. The van der Waals surface area contributed by atoms with Crippen molar-refractivity contribution in [2.45, 2.75) is 6.54 Å². The van der Waals surface area contributed by atoms with Crippen LogP contribution in [0.3, 0.4) is 0 Å². The van der Waals surface area contributed by atoms with E-state index in [-0.39, 0.29) is 18.2 Å². The number of hydrogen-bond acceptors (Lipinski definition) is 4. The highest BCUT2D eigenvalue weighted by atomic mass is 79.9. The Morgan fingerprint density at radius 2 is 2.14 bits per heavy atom. The molecule has 2 aromatic rings. The third kappa shape index (κ3) is 4.59. The molecule has 2 amide bonds. The highest BCUT2D eigenvalue weighted by molar-refractivity contribution is 9.10. The number of halogens is 2. The maximum Gasteiger partial charge on any atom is 0.287 e. The topological polar surface area (TPSA) is 62.6 Å². The van der Waals surface area contributed by atoms with Crippen LogP contribution in [0.25, 0.3) is 0 Å². The lowest BCUT2D eigenvalue weighted by Gasteiger charge is -2.16. The molecule has 1 N–H and O–H groups in total. The van der Waals surface area contributed by atoms with Crippen molar-refractivity contribution in [2.24, 2.45) is 0 Å². The van der Waals surface area contributed by atoms with Crippen molar-refractivity contribution in [2.75, 3.05) is 13.6 Å². The smallest absolute Gasteiger partial charge is 0.287 e. The van der Waals surface area contributed by atoms with Crippen LogP contribution in [-0.4, -0.2) is 30.3 Å². The molecule has 0 aliphatic carbocycles. The van der Waals surface area contributed by atoms with Gasteiger partial charge in [0.05, 0.1) is 17.4 Å². The van der Waals surface area contributed by atoms with E-state index in [1.54, 1.807) is 19.2 Å². The van der Waals surface area contributed by atoms with Crippen LogP contribution in [0.1, 0.15) is 15.4 Å². The van der Waals surface area contributed by atoms with E-state index in [4.69, 9.17) is 16.0 Å². The van der Waals surface area contributed by atoms with E-state index >= 15 is 0 Å². The number of likely N-dealkylation sites (N-methyl/N-ethyl adjacent to an activating group) is 1. The molecular formula is C13H12BrClN2O3S. The van der Waals surface area contributed by atoms with Crippen molar-refractivity contribution < 1.29 is 14.0 Å². The Hall–Kier alpha value is -1.31. The number of furan rings is 1. The summed E-state index contributed by atoms with van der Waals surface area (Å²) in [6.45, 7) is 0.366. The van der Waals surface area contributed by atoms with Crippen molar-refractivity contribution in [1.29, 1.82) is 0 Å². The van der Waals surface area contributed by atoms with Gasteiger partial charge in [0.1, 0.15) is 0 Å². The molecule has 0 unspecified atom stereocenters. The van der Waals surface area contributed by atoms with Gasteiger partial charge in [-0.25, -0.2) is 0 Å². The zero-order chi connectivity index (χ0) is 15.4. The normalized spacial score (nSPS) is 10.4. The molecular weight excluding hydrogens is 380 g/mol. The molecule has 0 aliphatic heterocycles. The summed E-state index contributed by atoms with van der Waals surface area (Å²) < 4.78 is 6.25. The summed E-state index contributed by atoms with van der Waals surface area (Å²) in [6.07, 6.45) is 0. The van der Waals surface area contributed by atoms with Gasteiger partial charge in [-0.2, -0.15) is 0 Å². The highest BCUT2D eigenvalue weighted by Gasteiger charge is 2.14. The number of hydrogen-bond donors (Lipinski definition) is 1. The molecule has 2 aromatic heterocycles. The van der Waals surface area contributed by atoms with Gasteiger partial charge in [-0.3, -0.25) is 9.59 Å². The van der Waals surface area contributed by atoms with E-state index in [2.05, 4.69) is 21.2 Å². The summed E-state index contributed by atoms with van der Waals surface area (Å²) in [6, 6.07) is 6.80. The highest BCUT2D eigenvalue weighted by Crippen LogP contribution is 2.22. The minimum absolute atomic E-state index is 0.0905. The summed E-state index contributed by atoms with van der Waals surface area (Å²) >= 11 is 10.4. The molecule has 0 atom stereocenters. The fraction of sp³-hybridized carbons (Fsp3) is 0.231. The Kier molecular flexibility index (Phi) is 5.44. The van der Waals surface area contributed by atoms with Gasteiger partial charge in [-0.1, -0.05) is 11.6 Å². The zero-order valence-electron chi connectivity index (χ0n) is 11.1. The van der Waals surface area contributed by atoms with Crippen LogP contribution >= 0.6 is 38.9 Å². The fourth-order valence-electron chi connectivity index (χ4n) is 1.57. The Balaban J connectivity index is 1.82. The largest absolute Gasteiger partial charge is 0.444 e. The first-order valence-electron chi connectivity index (χ1n) is 5.97. The summed E-state index contributed by atoms with van der Waals surface area (Å²) in [5, 5.41) is 2.52. The van der Waals surface area contributed by atoms with E-state index in [9.17, 15) is 9.59 Å². The van der Waals surface area contributed by atoms with Gasteiger partial charge in [0.2, 0.25) is 5.91 Å². The second-order valence-electron chi connectivity index (χ2n) is 4.24. The first kappa shape index (κ1) is 16.1. The summed E-state index contributed by atoms with van der Waals surface area (Å²) in [5.41, 5.74) is 0. The predicted octanol–water partition coefficient (Wildman–Crippen LogP) is 3.15. The number of rotatable bonds is 5. The van der Waals surface area contributed by atoms with E-state index in [1.165, 1.54) is 22.3 Å². The van der Waals surface area contributed by atoms with Crippen molar-refractivity contribution in [3.8, 4) is 0 Å². The van der Waals surface area contributed by atoms with Crippen molar-refractivity contribution >= 4 is 50.7 Å². The molecule has 2 heterocycles. The molecule has 5 nitrogen and oxygen atoms in total. The molecule has 112 valence electrons. The molecule has 0 radical (unpaired) electrons. The molecule has 2 rings (SSSR count). The Labute approximate surface area is 139 Å². The van der Waals surface area contributed by atoms with Gasteiger partial charge in [0.15, 0.2) is 10.4 Å². The van der Waals surface area contributed by atoms with Crippen LogP contribution in [-0.2, 0) is 11.3 Å². The van der Waals surface area contributed by atoms with Crippen molar-refractivity contribution in [1.82, 2.24) is 10.2 Å². The van der Waals surface area contributed by atoms with Crippen molar-refractivity contribution in [3.63, 3.8) is 0 Å². The van der Waals surface area contributed by atoms with Crippen LogP contribution in [0.2, 0.25) is 4.34 Å². The van der Waals surface area contributed by atoms with Gasteiger partial charge >= 0.3 is 0 Å². The van der Waals surface area contributed by atoms with Gasteiger partial charge in [0.25, 0.3) is 5.91 Å². The molecule has 0 saturated heterocycles. The third-order valence-corrected chi connectivity index (χ3v) is 4.29. The molecule has 0 aromatic carbocycles. The number of nitrogens with one attached hydrogen (secondary N) is 1. The minimum atomic E-state index is -0.429. The van der Waals surface area contributed by atoms with Gasteiger partial charge in [-0.15, -0.1) is 11.3 Å². The Morgan fingerprint density at radius 3 is 2.71 bits per heavy atom. The fourth-order valence-corrected chi connectivity index (χ4v) is 3.02. The number of nitrogens with zero attached hydrogens (tertiary/aromatic N) is 1. The average Bonchev–Trinajstić information content (AvgIpc) is 3.04. The molecule has 0 aliphatic rings. The summed E-state index contributed by atoms with van der Waals surface area (Å²) in [4.78, 5) is 26.2. The average molecular weight is 392 g/mol. The van der Waals surface area contributed by atoms with Gasteiger partial charge in [-0.05, 0) is 40.2 Å². The predicted molar refractivity (Wildman–Crippen MR) is 84.5 cm³/mol. The van der Waals surface area contributed by atoms with Crippen LogP contribution in [0.4, 0.5) is 0 Å². The van der Waals surface area contributed by atoms with Crippen molar-refractivity contribution in [3.05, 3.63) is 43.9 Å². The lowest BCUT2D eigenvalue weighted by Crippen LogP contribution is -2.37. The number of amides is 2. The molecule has 0 fully saturated rings. The number of thiophene rings is 1. The Bertz CT molecular complexity index is 655. The quantitative estimate of drug-likeness (QED) is 0.851. The van der Waals surface area contributed by atoms with E-state index in [0.29, 0.717) is 15.6 Å². The first-order chi connectivity index (χ1) is 9.95. The summed E-state index contributed by atoms with van der Waals surface area (Å²) in [7, 11) is 1.67. The number of carbonyl (C=O) groups excluding carboxylic acids is 2. The first-order valence-corrected chi connectivity index (χ1v) is 7.96. The van der Waals surface area contributed by atoms with E-state index < -0.39 is 5.91 Å². The van der Waals surface area contributed by atoms with Crippen LogP contribution in [0.5, 0.6) is 0 Å². The van der Waals surface area contributed by atoms with E-state index in [0.717, 1.165) is 4.88 Å². The molecule has 21 heavy (non-hydrogen) atoms. The standard InChI is InChI=1S/C13H12BrClN2O3S/c1-17(7-8-2-5-11(15)21-8)12(18)6-16-13(19)9-3-4-10(14)20-9/h2-5H,6-7H2,1H3,(H,16,19). The van der Waals surface area contributed by atoms with Gasteiger partial charge < -0.3 is 14.6 Å². The monoisotopic (exact) mass is 390 g/mol. The maximum atomic E-state index is 11.9. The van der Waals surface area contributed by atoms with E-state index in [1.807, 2.05) is 6.07 Å². The lowest BCUT2D eigenvalue weighted by molar-refractivity contribution is -0.129. The maximum absolute atomic E-state index is 11.9. The Morgan fingerprint density at radius 1 is 1.38 bits per heavy atom. The SMILES string of the molecule is CN(Cc1ccc(Cl)s1)C(=O)CNC(=O)c1ccc(Br)o1. The van der Waals surface area contributed by atoms with Gasteiger partial charge in [0, 0.05) is 11.9 Å². The molecule has 0 bridgehead atoms. The van der Waals surface area contributed by atoms with Crippen LogP contribution in [0.15, 0.2) is 33.4 Å². The van der Waals surface area contributed by atoms with Crippen LogP contribution < -0.4 is 5.32 Å². The molecule has 8 heteroatoms.